The predicted octanol–water partition coefficient (Wildman–Crippen LogP) is 1.17. The van der Waals surface area contributed by atoms with E-state index >= 15 is 0 Å². The van der Waals surface area contributed by atoms with Crippen LogP contribution >= 0.6 is 0 Å². The quantitative estimate of drug-likeness (QED) is 0.789. The maximum atomic E-state index is 12.5. The van der Waals surface area contributed by atoms with E-state index in [0.717, 1.165) is 17.5 Å². The van der Waals surface area contributed by atoms with Crippen molar-refractivity contribution in [3.05, 3.63) is 41.5 Å². The molecule has 1 saturated heterocycles. The first-order valence-corrected chi connectivity index (χ1v) is 9.75. The third-order valence-electron chi connectivity index (χ3n) is 4.47. The highest BCUT2D eigenvalue weighted by atomic mass is 32.2. The molecule has 1 N–H and O–H groups in total. The molecule has 1 aliphatic rings. The average molecular weight is 375 g/mol. The van der Waals surface area contributed by atoms with Crippen molar-refractivity contribution in [2.75, 3.05) is 35.8 Å². The molecule has 0 spiro atoms. The van der Waals surface area contributed by atoms with Crippen molar-refractivity contribution in [3.8, 4) is 0 Å². The summed E-state index contributed by atoms with van der Waals surface area (Å²) in [6.07, 6.45) is 0.841. The second kappa shape index (κ2) is 7.28. The fraction of sp³-hybridized carbons (Fsp3) is 0.353. The van der Waals surface area contributed by atoms with Gasteiger partial charge in [0.05, 0.1) is 4.90 Å². The zero-order valence-corrected chi connectivity index (χ0v) is 15.5. The lowest BCUT2D eigenvalue weighted by Gasteiger charge is -2.32. The molecule has 26 heavy (non-hydrogen) atoms. The summed E-state index contributed by atoms with van der Waals surface area (Å²) in [5, 5.41) is 8.08. The molecule has 2 heterocycles. The van der Waals surface area contributed by atoms with Gasteiger partial charge in [-0.25, -0.2) is 8.42 Å². The number of amides is 1. The predicted molar refractivity (Wildman–Crippen MR) is 98.6 cm³/mol. The number of benzene rings is 1. The van der Waals surface area contributed by atoms with Crippen molar-refractivity contribution in [2.24, 2.45) is 0 Å². The fourth-order valence-corrected chi connectivity index (χ4v) is 3.76. The number of rotatable bonds is 5. The van der Waals surface area contributed by atoms with Crippen LogP contribution in [0.1, 0.15) is 11.1 Å². The summed E-state index contributed by atoms with van der Waals surface area (Å²) in [5.74, 6) is 0.822. The van der Waals surface area contributed by atoms with Gasteiger partial charge in [-0.2, -0.15) is 0 Å². The smallest absolute Gasteiger partial charge is 0.263 e. The van der Waals surface area contributed by atoms with E-state index in [-0.39, 0.29) is 10.7 Å². The second-order valence-electron chi connectivity index (χ2n) is 6.26. The molecule has 0 atom stereocenters. The van der Waals surface area contributed by atoms with E-state index < -0.39 is 10.0 Å². The molecule has 1 fully saturated rings. The third kappa shape index (κ3) is 3.93. The lowest BCUT2D eigenvalue weighted by atomic mass is 10.1. The molecule has 9 heteroatoms. The van der Waals surface area contributed by atoms with Crippen LogP contribution in [0.5, 0.6) is 0 Å². The number of sulfonamides is 1. The average Bonchev–Trinajstić information content (AvgIpc) is 2.64. The van der Waals surface area contributed by atoms with E-state index in [2.05, 4.69) is 14.9 Å². The number of aromatic nitrogens is 2. The van der Waals surface area contributed by atoms with Gasteiger partial charge in [0.25, 0.3) is 10.0 Å². The first-order valence-electron chi connectivity index (χ1n) is 8.27. The Morgan fingerprint density at radius 1 is 1.00 bits per heavy atom. The highest BCUT2D eigenvalue weighted by Crippen LogP contribution is 2.19. The van der Waals surface area contributed by atoms with Crippen molar-refractivity contribution < 1.29 is 13.2 Å². The molecule has 2 aromatic rings. The van der Waals surface area contributed by atoms with E-state index in [1.165, 1.54) is 0 Å². The Labute approximate surface area is 152 Å². The molecule has 1 amide bonds. The topological polar surface area (TPSA) is 95.5 Å². The van der Waals surface area contributed by atoms with Gasteiger partial charge in [-0.3, -0.25) is 9.52 Å². The van der Waals surface area contributed by atoms with Gasteiger partial charge in [0.1, 0.15) is 0 Å². The Morgan fingerprint density at radius 2 is 1.73 bits per heavy atom. The molecule has 0 aliphatic carbocycles. The summed E-state index contributed by atoms with van der Waals surface area (Å²) in [5.41, 5.74) is 1.94. The minimum absolute atomic E-state index is 0.165. The standard InChI is InChI=1S/C17H21N5O3S/c1-13-3-4-15(11-14(13)2)26(24,25)20-16-5-6-17(19-18-16)22-9-7-21(12-23)8-10-22/h3-6,11-12H,7-10H2,1-2H3,(H,18,20). The number of carbonyl (C=O) groups excluding carboxylic acids is 1. The number of carbonyl (C=O) groups is 1. The van der Waals surface area contributed by atoms with Gasteiger partial charge in [-0.15, -0.1) is 10.2 Å². The van der Waals surface area contributed by atoms with Gasteiger partial charge >= 0.3 is 0 Å². The van der Waals surface area contributed by atoms with E-state index in [4.69, 9.17) is 0 Å². The fourth-order valence-electron chi connectivity index (χ4n) is 2.68. The van der Waals surface area contributed by atoms with Crippen LogP contribution in [0.3, 0.4) is 0 Å². The molecule has 0 saturated carbocycles. The first kappa shape index (κ1) is 18.1. The summed E-state index contributed by atoms with van der Waals surface area (Å²) in [7, 11) is -3.71. The van der Waals surface area contributed by atoms with Gasteiger partial charge in [0, 0.05) is 26.2 Å². The van der Waals surface area contributed by atoms with E-state index in [0.29, 0.717) is 32.0 Å². The Hall–Kier alpha value is -2.68. The van der Waals surface area contributed by atoms with Crippen molar-refractivity contribution >= 4 is 28.1 Å². The van der Waals surface area contributed by atoms with Crippen LogP contribution in [0.25, 0.3) is 0 Å². The van der Waals surface area contributed by atoms with Gasteiger partial charge < -0.3 is 9.80 Å². The first-order chi connectivity index (χ1) is 12.4. The highest BCUT2D eigenvalue weighted by molar-refractivity contribution is 7.92. The largest absolute Gasteiger partial charge is 0.352 e. The molecule has 3 rings (SSSR count). The summed E-state index contributed by atoms with van der Waals surface area (Å²) in [6.45, 7) is 6.40. The van der Waals surface area contributed by atoms with Crippen LogP contribution < -0.4 is 9.62 Å². The lowest BCUT2D eigenvalue weighted by Crippen LogP contribution is -2.46. The van der Waals surface area contributed by atoms with Crippen LogP contribution in [0.2, 0.25) is 0 Å². The van der Waals surface area contributed by atoms with E-state index in [9.17, 15) is 13.2 Å². The molecule has 0 bridgehead atoms. The zero-order chi connectivity index (χ0) is 18.7. The lowest BCUT2D eigenvalue weighted by molar-refractivity contribution is -0.118. The van der Waals surface area contributed by atoms with E-state index in [1.807, 2.05) is 18.7 Å². The molecule has 138 valence electrons. The Bertz CT molecular complexity index is 891. The number of aryl methyl sites for hydroxylation is 2. The van der Waals surface area contributed by atoms with Crippen LogP contribution in [0.4, 0.5) is 11.6 Å². The van der Waals surface area contributed by atoms with Gasteiger partial charge in [-0.05, 0) is 49.2 Å². The SMILES string of the molecule is Cc1ccc(S(=O)(=O)Nc2ccc(N3CCN(C=O)CC3)nn2)cc1C. The molecule has 0 radical (unpaired) electrons. The molecule has 8 nitrogen and oxygen atoms in total. The number of hydrogen-bond donors (Lipinski definition) is 1. The highest BCUT2D eigenvalue weighted by Gasteiger charge is 2.19. The van der Waals surface area contributed by atoms with Crippen molar-refractivity contribution in [2.45, 2.75) is 18.7 Å². The third-order valence-corrected chi connectivity index (χ3v) is 5.82. The Balaban J connectivity index is 1.70. The van der Waals surface area contributed by atoms with Crippen molar-refractivity contribution in [1.29, 1.82) is 0 Å². The number of piperazine rings is 1. The Kier molecular flexibility index (Phi) is 5.08. The van der Waals surface area contributed by atoms with Crippen LogP contribution in [-0.2, 0) is 14.8 Å². The monoisotopic (exact) mass is 375 g/mol. The molecular weight excluding hydrogens is 354 g/mol. The molecule has 1 aromatic heterocycles. The van der Waals surface area contributed by atoms with Gasteiger partial charge in [-0.1, -0.05) is 6.07 Å². The molecule has 0 unspecified atom stereocenters. The molecular formula is C17H21N5O3S. The van der Waals surface area contributed by atoms with Crippen LogP contribution in [0.15, 0.2) is 35.2 Å². The second-order valence-corrected chi connectivity index (χ2v) is 7.94. The molecule has 1 aromatic carbocycles. The number of nitrogens with one attached hydrogen (secondary N) is 1. The maximum absolute atomic E-state index is 12.5. The number of nitrogens with zero attached hydrogens (tertiary/aromatic N) is 4. The molecule has 1 aliphatic heterocycles. The maximum Gasteiger partial charge on any atom is 0.263 e. The van der Waals surface area contributed by atoms with E-state index in [1.54, 1.807) is 35.2 Å². The minimum atomic E-state index is -3.71. The Morgan fingerprint density at radius 3 is 2.31 bits per heavy atom. The summed E-state index contributed by atoms with van der Waals surface area (Å²) >= 11 is 0. The van der Waals surface area contributed by atoms with Crippen molar-refractivity contribution in [3.63, 3.8) is 0 Å². The summed E-state index contributed by atoms with van der Waals surface area (Å²) in [4.78, 5) is 14.7. The van der Waals surface area contributed by atoms with Crippen LogP contribution in [-0.4, -0.2) is 56.1 Å². The van der Waals surface area contributed by atoms with Gasteiger partial charge in [0.2, 0.25) is 6.41 Å². The normalized spacial score (nSPS) is 15.0. The minimum Gasteiger partial charge on any atom is -0.352 e. The van der Waals surface area contributed by atoms with Gasteiger partial charge in [0.15, 0.2) is 11.6 Å². The summed E-state index contributed by atoms with van der Waals surface area (Å²) < 4.78 is 27.4. The zero-order valence-electron chi connectivity index (χ0n) is 14.7. The van der Waals surface area contributed by atoms with Crippen LogP contribution in [0, 0.1) is 13.8 Å². The summed E-state index contributed by atoms with van der Waals surface area (Å²) in [6, 6.07) is 8.29. The van der Waals surface area contributed by atoms with Crippen molar-refractivity contribution in [1.82, 2.24) is 15.1 Å². The number of anilines is 2. The number of hydrogen-bond acceptors (Lipinski definition) is 6.